The van der Waals surface area contributed by atoms with Crippen LogP contribution in [0.1, 0.15) is 31.9 Å². The van der Waals surface area contributed by atoms with Crippen LogP contribution in [0.2, 0.25) is 20.1 Å². The first-order valence-corrected chi connectivity index (χ1v) is 11.0. The number of carbonyl (C=O) groups excluding carboxylic acids is 2. The molecule has 0 saturated heterocycles. The molecule has 0 aliphatic carbocycles. The highest BCUT2D eigenvalue weighted by atomic mass is 35.5. The largest absolute Gasteiger partial charge is 0.354 e. The predicted octanol–water partition coefficient (Wildman–Crippen LogP) is 6.03. The Kier molecular flexibility index (Phi) is 9.30. The first-order valence-electron chi connectivity index (χ1n) is 9.54. The summed E-state index contributed by atoms with van der Waals surface area (Å²) in [5.74, 6) is -0.203. The lowest BCUT2D eigenvalue weighted by atomic mass is 10.1. The van der Waals surface area contributed by atoms with Crippen LogP contribution in [0.4, 0.5) is 0 Å². The van der Waals surface area contributed by atoms with Crippen LogP contribution in [0.25, 0.3) is 0 Å². The van der Waals surface area contributed by atoms with Gasteiger partial charge in [-0.05, 0) is 42.7 Å². The van der Waals surface area contributed by atoms with Crippen LogP contribution in [-0.2, 0) is 22.6 Å². The smallest absolute Gasteiger partial charge is 0.242 e. The zero-order chi connectivity index (χ0) is 22.4. The SMILES string of the molecule is CC(C)CNC(=O)[C@@H](C)N(Cc1c(Cl)cccc1Cl)C(=O)Cc1ccc(Cl)c(Cl)c1. The molecule has 0 radical (unpaired) electrons. The van der Waals surface area contributed by atoms with E-state index in [1.807, 2.05) is 13.8 Å². The average molecular weight is 490 g/mol. The number of amides is 2. The van der Waals surface area contributed by atoms with Crippen LogP contribution in [0.3, 0.4) is 0 Å². The molecule has 8 heteroatoms. The monoisotopic (exact) mass is 488 g/mol. The minimum atomic E-state index is -0.716. The van der Waals surface area contributed by atoms with Gasteiger partial charge in [-0.3, -0.25) is 9.59 Å². The van der Waals surface area contributed by atoms with Crippen molar-refractivity contribution in [1.29, 1.82) is 0 Å². The van der Waals surface area contributed by atoms with Gasteiger partial charge in [0.15, 0.2) is 0 Å². The number of hydrogen-bond acceptors (Lipinski definition) is 2. The lowest BCUT2D eigenvalue weighted by Gasteiger charge is -2.29. The Labute approximate surface area is 197 Å². The molecule has 0 bridgehead atoms. The lowest BCUT2D eigenvalue weighted by Crippen LogP contribution is -2.48. The maximum Gasteiger partial charge on any atom is 0.242 e. The number of nitrogens with zero attached hydrogens (tertiary/aromatic N) is 1. The standard InChI is InChI=1S/C22H24Cl4N2O2/c1-13(2)11-27-22(30)14(3)28(12-16-17(23)5-4-6-18(16)24)21(29)10-15-7-8-19(25)20(26)9-15/h4-9,13-14H,10-12H2,1-3H3,(H,27,30)/t14-/m1/s1. The molecule has 2 aromatic rings. The Morgan fingerprint density at radius 2 is 1.57 bits per heavy atom. The van der Waals surface area contributed by atoms with Gasteiger partial charge in [0.05, 0.1) is 16.5 Å². The second-order valence-electron chi connectivity index (χ2n) is 7.46. The third-order valence-corrected chi connectivity index (χ3v) is 6.03. The number of rotatable bonds is 8. The van der Waals surface area contributed by atoms with Crippen molar-refractivity contribution in [3.63, 3.8) is 0 Å². The van der Waals surface area contributed by atoms with E-state index in [1.54, 1.807) is 43.3 Å². The van der Waals surface area contributed by atoms with Crippen molar-refractivity contribution in [2.45, 2.75) is 39.8 Å². The van der Waals surface area contributed by atoms with E-state index in [9.17, 15) is 9.59 Å². The summed E-state index contributed by atoms with van der Waals surface area (Å²) in [5.41, 5.74) is 1.28. The topological polar surface area (TPSA) is 49.4 Å². The van der Waals surface area contributed by atoms with Crippen LogP contribution in [0.15, 0.2) is 36.4 Å². The average Bonchev–Trinajstić information content (AvgIpc) is 2.68. The van der Waals surface area contributed by atoms with Crippen molar-refractivity contribution in [3.05, 3.63) is 67.6 Å². The molecule has 30 heavy (non-hydrogen) atoms. The Bertz CT molecular complexity index is 898. The second-order valence-corrected chi connectivity index (χ2v) is 9.09. The summed E-state index contributed by atoms with van der Waals surface area (Å²) in [5, 5.41) is 4.52. The van der Waals surface area contributed by atoms with Gasteiger partial charge in [0.1, 0.15) is 6.04 Å². The minimum Gasteiger partial charge on any atom is -0.354 e. The molecule has 0 unspecified atom stereocenters. The zero-order valence-corrected chi connectivity index (χ0v) is 20.0. The summed E-state index contributed by atoms with van der Waals surface area (Å²) in [6.07, 6.45) is 0.0563. The summed E-state index contributed by atoms with van der Waals surface area (Å²) in [6, 6.07) is 9.44. The minimum absolute atomic E-state index is 0.0563. The highest BCUT2D eigenvalue weighted by Crippen LogP contribution is 2.27. The molecule has 2 rings (SSSR count). The molecule has 0 fully saturated rings. The maximum atomic E-state index is 13.2. The van der Waals surface area contributed by atoms with Gasteiger partial charge in [-0.15, -0.1) is 0 Å². The predicted molar refractivity (Wildman–Crippen MR) is 124 cm³/mol. The molecule has 1 N–H and O–H groups in total. The molecule has 2 aromatic carbocycles. The highest BCUT2D eigenvalue weighted by Gasteiger charge is 2.27. The lowest BCUT2D eigenvalue weighted by molar-refractivity contribution is -0.140. The van der Waals surface area contributed by atoms with E-state index in [0.29, 0.717) is 43.7 Å². The Hall–Kier alpha value is -1.46. The van der Waals surface area contributed by atoms with E-state index in [2.05, 4.69) is 5.32 Å². The van der Waals surface area contributed by atoms with Crippen molar-refractivity contribution >= 4 is 58.2 Å². The number of benzene rings is 2. The van der Waals surface area contributed by atoms with Gasteiger partial charge in [-0.2, -0.15) is 0 Å². The van der Waals surface area contributed by atoms with Crippen LogP contribution in [0.5, 0.6) is 0 Å². The fourth-order valence-electron chi connectivity index (χ4n) is 2.81. The summed E-state index contributed by atoms with van der Waals surface area (Å²) in [6.45, 7) is 6.32. The number of nitrogens with one attached hydrogen (secondary N) is 1. The van der Waals surface area contributed by atoms with Crippen LogP contribution in [-0.4, -0.2) is 29.3 Å². The van der Waals surface area contributed by atoms with Gasteiger partial charge in [-0.1, -0.05) is 72.4 Å². The van der Waals surface area contributed by atoms with E-state index in [-0.39, 0.29) is 24.8 Å². The van der Waals surface area contributed by atoms with Crippen LogP contribution >= 0.6 is 46.4 Å². The normalized spacial score (nSPS) is 12.0. The maximum absolute atomic E-state index is 13.2. The molecular formula is C22H24Cl4N2O2. The Morgan fingerprint density at radius 3 is 2.13 bits per heavy atom. The molecule has 0 saturated carbocycles. The molecule has 4 nitrogen and oxygen atoms in total. The van der Waals surface area contributed by atoms with Crippen molar-refractivity contribution in [2.75, 3.05) is 6.54 Å². The Morgan fingerprint density at radius 1 is 0.933 bits per heavy atom. The number of halogens is 4. The van der Waals surface area contributed by atoms with Gasteiger partial charge in [0.2, 0.25) is 11.8 Å². The van der Waals surface area contributed by atoms with Crippen LogP contribution in [0, 0.1) is 5.92 Å². The fraction of sp³-hybridized carbons (Fsp3) is 0.364. The van der Waals surface area contributed by atoms with Crippen molar-refractivity contribution in [2.24, 2.45) is 5.92 Å². The number of carbonyl (C=O) groups is 2. The Balaban J connectivity index is 2.30. The molecule has 162 valence electrons. The van der Waals surface area contributed by atoms with Gasteiger partial charge in [0, 0.05) is 28.7 Å². The molecule has 0 aliphatic heterocycles. The van der Waals surface area contributed by atoms with Gasteiger partial charge in [0.25, 0.3) is 0 Å². The van der Waals surface area contributed by atoms with E-state index in [1.165, 1.54) is 4.90 Å². The molecule has 0 spiro atoms. The van der Waals surface area contributed by atoms with Crippen molar-refractivity contribution < 1.29 is 9.59 Å². The third kappa shape index (κ3) is 6.78. The van der Waals surface area contributed by atoms with Gasteiger partial charge in [-0.25, -0.2) is 0 Å². The third-order valence-electron chi connectivity index (χ3n) is 4.58. The fourth-order valence-corrected chi connectivity index (χ4v) is 3.65. The first-order chi connectivity index (χ1) is 14.1. The molecule has 0 aliphatic rings. The summed E-state index contributed by atoms with van der Waals surface area (Å²) < 4.78 is 0. The van der Waals surface area contributed by atoms with Gasteiger partial charge < -0.3 is 10.2 Å². The summed E-state index contributed by atoms with van der Waals surface area (Å²) in [4.78, 5) is 27.4. The van der Waals surface area contributed by atoms with E-state index >= 15 is 0 Å². The molecule has 0 heterocycles. The molecule has 0 aromatic heterocycles. The molecule has 1 atom stereocenters. The van der Waals surface area contributed by atoms with Gasteiger partial charge >= 0.3 is 0 Å². The van der Waals surface area contributed by atoms with Crippen LogP contribution < -0.4 is 5.32 Å². The van der Waals surface area contributed by atoms with E-state index in [4.69, 9.17) is 46.4 Å². The number of hydrogen-bond donors (Lipinski definition) is 1. The summed E-state index contributed by atoms with van der Waals surface area (Å²) >= 11 is 24.7. The molecular weight excluding hydrogens is 466 g/mol. The quantitative estimate of drug-likeness (QED) is 0.491. The van der Waals surface area contributed by atoms with E-state index < -0.39 is 6.04 Å². The highest BCUT2D eigenvalue weighted by molar-refractivity contribution is 6.42. The molecule has 2 amide bonds. The second kappa shape index (κ2) is 11.2. The van der Waals surface area contributed by atoms with Crippen molar-refractivity contribution in [1.82, 2.24) is 10.2 Å². The summed E-state index contributed by atoms with van der Waals surface area (Å²) in [7, 11) is 0. The van der Waals surface area contributed by atoms with Crippen molar-refractivity contribution in [3.8, 4) is 0 Å². The first kappa shape index (κ1) is 24.8. The van der Waals surface area contributed by atoms with E-state index in [0.717, 1.165) is 0 Å². The zero-order valence-electron chi connectivity index (χ0n) is 17.0.